The number of hydrogen-bond acceptors (Lipinski definition) is 0. The Kier molecular flexibility index (Phi) is 4.75. The smallest absolute Gasteiger partial charge is 0.142 e. The van der Waals surface area contributed by atoms with Gasteiger partial charge in [-0.2, -0.15) is 0 Å². The third-order valence-electron chi connectivity index (χ3n) is 3.02. The van der Waals surface area contributed by atoms with E-state index in [1.807, 2.05) is 6.92 Å². The number of benzene rings is 2. The van der Waals surface area contributed by atoms with Gasteiger partial charge < -0.3 is 0 Å². The standard InChI is InChI=1S/C19H14F2/c1-3-5-16-12-18(20)17(19(21)13-16)11-10-15-8-6-14(4-2)7-9-15/h2,6-9,12-13H,3,5H2,1H3. The van der Waals surface area contributed by atoms with Gasteiger partial charge in [0.2, 0.25) is 0 Å². The molecule has 2 heteroatoms. The minimum absolute atomic E-state index is 0.198. The second kappa shape index (κ2) is 6.73. The second-order valence-corrected chi connectivity index (χ2v) is 4.66. The highest BCUT2D eigenvalue weighted by Crippen LogP contribution is 2.16. The van der Waals surface area contributed by atoms with Crippen molar-refractivity contribution < 1.29 is 8.78 Å². The summed E-state index contributed by atoms with van der Waals surface area (Å²) in [5.41, 5.74) is 1.85. The molecule has 2 rings (SSSR count). The van der Waals surface area contributed by atoms with Gasteiger partial charge in [0.1, 0.15) is 11.6 Å². The molecule has 0 bridgehead atoms. The Balaban J connectivity index is 2.31. The molecule has 104 valence electrons. The van der Waals surface area contributed by atoms with E-state index in [1.54, 1.807) is 24.3 Å². The fraction of sp³-hybridized carbons (Fsp3) is 0.158. The molecule has 0 fully saturated rings. The van der Waals surface area contributed by atoms with Crippen molar-refractivity contribution in [2.24, 2.45) is 0 Å². The number of terminal acetylenes is 1. The van der Waals surface area contributed by atoms with Crippen molar-refractivity contribution in [1.82, 2.24) is 0 Å². The summed E-state index contributed by atoms with van der Waals surface area (Å²) in [6, 6.07) is 9.62. The van der Waals surface area contributed by atoms with Crippen LogP contribution in [0.1, 0.15) is 35.6 Å². The van der Waals surface area contributed by atoms with E-state index in [9.17, 15) is 8.78 Å². The van der Waals surface area contributed by atoms with Crippen molar-refractivity contribution in [3.05, 3.63) is 70.3 Å². The Morgan fingerprint density at radius 2 is 1.52 bits per heavy atom. The number of halogens is 2. The number of hydrogen-bond donors (Lipinski definition) is 0. The molecule has 0 radical (unpaired) electrons. The first-order valence-electron chi connectivity index (χ1n) is 6.70. The molecular formula is C19H14F2. The van der Waals surface area contributed by atoms with Crippen LogP contribution in [0.25, 0.3) is 0 Å². The quantitative estimate of drug-likeness (QED) is 0.720. The molecule has 0 aliphatic carbocycles. The lowest BCUT2D eigenvalue weighted by Gasteiger charge is -2.02. The molecule has 0 nitrogen and oxygen atoms in total. The highest BCUT2D eigenvalue weighted by Gasteiger charge is 2.08. The van der Waals surface area contributed by atoms with Crippen LogP contribution in [0.3, 0.4) is 0 Å². The molecule has 0 saturated carbocycles. The maximum atomic E-state index is 13.9. The van der Waals surface area contributed by atoms with E-state index in [0.29, 0.717) is 17.5 Å². The zero-order valence-corrected chi connectivity index (χ0v) is 11.7. The van der Waals surface area contributed by atoms with E-state index in [-0.39, 0.29) is 5.56 Å². The molecule has 0 heterocycles. The topological polar surface area (TPSA) is 0 Å². The molecule has 0 N–H and O–H groups in total. The molecule has 0 atom stereocenters. The van der Waals surface area contributed by atoms with Crippen LogP contribution in [0, 0.1) is 35.8 Å². The van der Waals surface area contributed by atoms with E-state index < -0.39 is 11.6 Å². The molecule has 21 heavy (non-hydrogen) atoms. The summed E-state index contributed by atoms with van der Waals surface area (Å²) < 4.78 is 27.8. The van der Waals surface area contributed by atoms with E-state index in [2.05, 4.69) is 17.8 Å². The molecule has 0 amide bonds. The summed E-state index contributed by atoms with van der Waals surface area (Å²) in [6.45, 7) is 1.96. The highest BCUT2D eigenvalue weighted by atomic mass is 19.1. The van der Waals surface area contributed by atoms with Crippen LogP contribution < -0.4 is 0 Å². The van der Waals surface area contributed by atoms with E-state index in [1.165, 1.54) is 12.1 Å². The zero-order valence-electron chi connectivity index (χ0n) is 11.7. The molecular weight excluding hydrogens is 266 g/mol. The fourth-order valence-corrected chi connectivity index (χ4v) is 1.96. The predicted molar refractivity (Wildman–Crippen MR) is 80.7 cm³/mol. The average Bonchev–Trinajstić information content (AvgIpc) is 2.47. The first kappa shape index (κ1) is 14.8. The Bertz CT molecular complexity index is 715. The minimum atomic E-state index is -0.619. The summed E-state index contributed by atoms with van der Waals surface area (Å²) in [5.74, 6) is 6.56. The van der Waals surface area contributed by atoms with Crippen LogP contribution in [-0.2, 0) is 6.42 Å². The van der Waals surface area contributed by atoms with Crippen LogP contribution >= 0.6 is 0 Å². The van der Waals surface area contributed by atoms with Gasteiger partial charge in [0.25, 0.3) is 0 Å². The fourth-order valence-electron chi connectivity index (χ4n) is 1.96. The molecule has 0 aromatic heterocycles. The summed E-state index contributed by atoms with van der Waals surface area (Å²) in [5, 5.41) is 0. The summed E-state index contributed by atoms with van der Waals surface area (Å²) in [4.78, 5) is 0. The third-order valence-corrected chi connectivity index (χ3v) is 3.02. The molecule has 0 aliphatic heterocycles. The lowest BCUT2D eigenvalue weighted by molar-refractivity contribution is 0.573. The van der Waals surface area contributed by atoms with Crippen LogP contribution in [0.5, 0.6) is 0 Å². The van der Waals surface area contributed by atoms with Gasteiger partial charge >= 0.3 is 0 Å². The van der Waals surface area contributed by atoms with Crippen molar-refractivity contribution in [3.63, 3.8) is 0 Å². The lowest BCUT2D eigenvalue weighted by Crippen LogP contribution is -1.94. The molecule has 2 aromatic carbocycles. The van der Waals surface area contributed by atoms with Crippen LogP contribution in [0.2, 0.25) is 0 Å². The lowest BCUT2D eigenvalue weighted by atomic mass is 10.1. The highest BCUT2D eigenvalue weighted by molar-refractivity contribution is 5.46. The zero-order chi connectivity index (χ0) is 15.2. The van der Waals surface area contributed by atoms with Crippen LogP contribution in [0.15, 0.2) is 36.4 Å². The third kappa shape index (κ3) is 3.71. The van der Waals surface area contributed by atoms with Gasteiger partial charge in [-0.05, 0) is 48.4 Å². The van der Waals surface area contributed by atoms with Gasteiger partial charge in [-0.25, -0.2) is 8.78 Å². The van der Waals surface area contributed by atoms with Gasteiger partial charge in [0.05, 0.1) is 5.56 Å². The van der Waals surface area contributed by atoms with Crippen LogP contribution in [-0.4, -0.2) is 0 Å². The summed E-state index contributed by atoms with van der Waals surface area (Å²) >= 11 is 0. The summed E-state index contributed by atoms with van der Waals surface area (Å²) in [7, 11) is 0. The maximum absolute atomic E-state index is 13.9. The maximum Gasteiger partial charge on any atom is 0.142 e. The largest absolute Gasteiger partial charge is 0.206 e. The number of aryl methyl sites for hydroxylation is 1. The predicted octanol–water partition coefficient (Wildman–Crippen LogP) is 4.30. The Morgan fingerprint density at radius 1 is 0.952 bits per heavy atom. The molecule has 0 saturated heterocycles. The van der Waals surface area contributed by atoms with Gasteiger partial charge in [0.15, 0.2) is 0 Å². The van der Waals surface area contributed by atoms with Gasteiger partial charge in [0, 0.05) is 11.1 Å². The molecule has 0 aliphatic rings. The van der Waals surface area contributed by atoms with Gasteiger partial charge in [-0.3, -0.25) is 0 Å². The van der Waals surface area contributed by atoms with Crippen molar-refractivity contribution in [2.45, 2.75) is 19.8 Å². The number of rotatable bonds is 2. The first-order valence-corrected chi connectivity index (χ1v) is 6.70. The Hall–Kier alpha value is -2.58. The van der Waals surface area contributed by atoms with Crippen molar-refractivity contribution in [1.29, 1.82) is 0 Å². The van der Waals surface area contributed by atoms with E-state index >= 15 is 0 Å². The SMILES string of the molecule is C#Cc1ccc(C#Cc2c(F)cc(CCC)cc2F)cc1. The van der Waals surface area contributed by atoms with Crippen molar-refractivity contribution in [2.75, 3.05) is 0 Å². The average molecular weight is 280 g/mol. The van der Waals surface area contributed by atoms with Gasteiger partial charge in [-0.15, -0.1) is 6.42 Å². The van der Waals surface area contributed by atoms with Crippen molar-refractivity contribution >= 4 is 0 Å². The van der Waals surface area contributed by atoms with Gasteiger partial charge in [-0.1, -0.05) is 31.1 Å². The van der Waals surface area contributed by atoms with Crippen molar-refractivity contribution in [3.8, 4) is 24.2 Å². The minimum Gasteiger partial charge on any atom is -0.206 e. The normalized spacial score (nSPS) is 9.62. The first-order chi connectivity index (χ1) is 10.1. The second-order valence-electron chi connectivity index (χ2n) is 4.66. The Morgan fingerprint density at radius 3 is 2.05 bits per heavy atom. The molecule has 0 unspecified atom stereocenters. The van der Waals surface area contributed by atoms with Crippen LogP contribution in [0.4, 0.5) is 8.78 Å². The monoisotopic (exact) mass is 280 g/mol. The van der Waals surface area contributed by atoms with E-state index in [0.717, 1.165) is 12.0 Å². The molecule has 2 aromatic rings. The van der Waals surface area contributed by atoms with E-state index in [4.69, 9.17) is 6.42 Å². The Labute approximate surface area is 123 Å². The summed E-state index contributed by atoms with van der Waals surface area (Å²) in [6.07, 6.45) is 6.74. The molecule has 0 spiro atoms.